The fourth-order valence-corrected chi connectivity index (χ4v) is 3.32. The van der Waals surface area contributed by atoms with Gasteiger partial charge in [0.15, 0.2) is 11.5 Å². The predicted molar refractivity (Wildman–Crippen MR) is 81.4 cm³/mol. The van der Waals surface area contributed by atoms with Gasteiger partial charge in [0.25, 0.3) is 5.91 Å². The number of rotatable bonds is 2. The summed E-state index contributed by atoms with van der Waals surface area (Å²) in [6.45, 7) is 0.200. The van der Waals surface area contributed by atoms with Gasteiger partial charge in [-0.05, 0) is 36.6 Å². The molecule has 3 amide bonds. The molecule has 1 saturated heterocycles. The summed E-state index contributed by atoms with van der Waals surface area (Å²) < 4.78 is 10.5. The summed E-state index contributed by atoms with van der Waals surface area (Å²) in [5.74, 6) is 1.06. The molecule has 0 unspecified atom stereocenters. The topological polar surface area (TPSA) is 80.2 Å². The summed E-state index contributed by atoms with van der Waals surface area (Å²) in [4.78, 5) is 24.7. The molecule has 2 aliphatic heterocycles. The van der Waals surface area contributed by atoms with E-state index in [0.29, 0.717) is 24.3 Å². The van der Waals surface area contributed by atoms with Crippen molar-refractivity contribution in [1.29, 1.82) is 0 Å². The smallest absolute Gasteiger partial charge is 0.346 e. The summed E-state index contributed by atoms with van der Waals surface area (Å²) in [7, 11) is 0. The number of hydrogen-bond donors (Lipinski definition) is 1. The van der Waals surface area contributed by atoms with Gasteiger partial charge in [-0.1, -0.05) is 19.3 Å². The fraction of sp³-hybridized carbons (Fsp3) is 0.438. The Bertz CT molecular complexity index is 695. The molecule has 1 spiro atoms. The van der Waals surface area contributed by atoms with Crippen LogP contribution in [0.15, 0.2) is 23.3 Å². The molecular weight excluding hydrogens is 298 g/mol. The Hall–Kier alpha value is -2.57. The molecule has 1 aromatic rings. The third kappa shape index (κ3) is 2.32. The van der Waals surface area contributed by atoms with E-state index in [9.17, 15) is 9.59 Å². The van der Waals surface area contributed by atoms with E-state index < -0.39 is 11.6 Å². The minimum absolute atomic E-state index is 0.200. The number of amides is 3. The lowest BCUT2D eigenvalue weighted by Crippen LogP contribution is -2.48. The van der Waals surface area contributed by atoms with Crippen LogP contribution in [-0.2, 0) is 4.79 Å². The van der Waals surface area contributed by atoms with E-state index in [2.05, 4.69) is 10.4 Å². The molecule has 120 valence electrons. The number of urea groups is 1. The number of nitrogens with one attached hydrogen (secondary N) is 1. The molecule has 2 heterocycles. The Morgan fingerprint density at radius 2 is 1.91 bits per heavy atom. The van der Waals surface area contributed by atoms with E-state index >= 15 is 0 Å². The van der Waals surface area contributed by atoms with E-state index in [1.807, 2.05) is 0 Å². The van der Waals surface area contributed by atoms with Crippen LogP contribution in [0, 0.1) is 0 Å². The number of hydrazone groups is 1. The van der Waals surface area contributed by atoms with Crippen molar-refractivity contribution in [2.75, 3.05) is 6.79 Å². The van der Waals surface area contributed by atoms with Crippen LogP contribution in [-0.4, -0.2) is 35.5 Å². The normalized spacial score (nSPS) is 22.2. The minimum atomic E-state index is -0.748. The number of nitrogens with zero attached hydrogens (tertiary/aromatic N) is 2. The molecular formula is C16H17N3O4. The highest BCUT2D eigenvalue weighted by molar-refractivity contribution is 6.07. The van der Waals surface area contributed by atoms with Crippen molar-refractivity contribution in [2.45, 2.75) is 37.6 Å². The molecule has 0 radical (unpaired) electrons. The molecule has 1 N–H and O–H groups in total. The summed E-state index contributed by atoms with van der Waals surface area (Å²) in [6.07, 6.45) is 5.87. The van der Waals surface area contributed by atoms with Crippen molar-refractivity contribution in [1.82, 2.24) is 10.3 Å². The third-order valence-corrected chi connectivity index (χ3v) is 4.57. The highest BCUT2D eigenvalue weighted by atomic mass is 16.7. The summed E-state index contributed by atoms with van der Waals surface area (Å²) >= 11 is 0. The quantitative estimate of drug-likeness (QED) is 0.668. The first-order chi connectivity index (χ1) is 11.2. The highest BCUT2D eigenvalue weighted by Gasteiger charge is 2.51. The second-order valence-corrected chi connectivity index (χ2v) is 6.05. The average molecular weight is 315 g/mol. The Morgan fingerprint density at radius 1 is 1.13 bits per heavy atom. The summed E-state index contributed by atoms with van der Waals surface area (Å²) in [6, 6.07) is 4.89. The van der Waals surface area contributed by atoms with Crippen LogP contribution in [0.2, 0.25) is 0 Å². The number of benzene rings is 1. The van der Waals surface area contributed by atoms with Crippen LogP contribution >= 0.6 is 0 Å². The molecule has 2 fully saturated rings. The van der Waals surface area contributed by atoms with Gasteiger partial charge >= 0.3 is 6.03 Å². The number of carbonyl (C=O) groups is 2. The average Bonchev–Trinajstić information content (AvgIpc) is 3.10. The van der Waals surface area contributed by atoms with Gasteiger partial charge in [0, 0.05) is 0 Å². The van der Waals surface area contributed by atoms with E-state index in [1.54, 1.807) is 18.2 Å². The number of hydrogen-bond acceptors (Lipinski definition) is 5. The van der Waals surface area contributed by atoms with E-state index in [-0.39, 0.29) is 12.7 Å². The number of ether oxygens (including phenoxy) is 2. The first-order valence-corrected chi connectivity index (χ1v) is 7.78. The maximum Gasteiger partial charge on any atom is 0.346 e. The number of carbonyl (C=O) groups excluding carboxylic acids is 2. The van der Waals surface area contributed by atoms with Gasteiger partial charge in [-0.3, -0.25) is 4.79 Å². The van der Waals surface area contributed by atoms with E-state index in [0.717, 1.165) is 29.8 Å². The van der Waals surface area contributed by atoms with E-state index in [1.165, 1.54) is 6.21 Å². The van der Waals surface area contributed by atoms with Gasteiger partial charge < -0.3 is 14.8 Å². The second-order valence-electron chi connectivity index (χ2n) is 6.05. The lowest BCUT2D eigenvalue weighted by molar-refractivity contribution is -0.132. The Labute approximate surface area is 133 Å². The molecule has 0 bridgehead atoms. The molecule has 1 aliphatic carbocycles. The maximum atomic E-state index is 12.6. The molecule has 7 heteroatoms. The molecule has 0 aromatic heterocycles. The van der Waals surface area contributed by atoms with Gasteiger partial charge in [-0.15, -0.1) is 5.01 Å². The summed E-state index contributed by atoms with van der Waals surface area (Å²) in [5, 5.41) is 7.85. The number of fused-ring (bicyclic) bond motifs is 1. The largest absolute Gasteiger partial charge is 0.454 e. The van der Waals surface area contributed by atoms with Crippen molar-refractivity contribution in [3.63, 3.8) is 0 Å². The predicted octanol–water partition coefficient (Wildman–Crippen LogP) is 2.00. The van der Waals surface area contributed by atoms with Crippen molar-refractivity contribution < 1.29 is 19.1 Å². The maximum absolute atomic E-state index is 12.6. The molecule has 1 saturated carbocycles. The lowest BCUT2D eigenvalue weighted by Gasteiger charge is -2.29. The van der Waals surface area contributed by atoms with Crippen molar-refractivity contribution in [3.05, 3.63) is 23.8 Å². The molecule has 1 aromatic carbocycles. The van der Waals surface area contributed by atoms with Gasteiger partial charge in [0.1, 0.15) is 5.54 Å². The SMILES string of the molecule is O=C1NC2(CCCCC2)C(=O)N1/N=C/c1ccc2c(c1)OCO2. The Morgan fingerprint density at radius 3 is 2.74 bits per heavy atom. The first kappa shape index (κ1) is 14.0. The zero-order valence-electron chi connectivity index (χ0n) is 12.6. The van der Waals surface area contributed by atoms with Crippen LogP contribution in [0.3, 0.4) is 0 Å². The van der Waals surface area contributed by atoms with Crippen LogP contribution in [0.1, 0.15) is 37.7 Å². The number of imide groups is 1. The van der Waals surface area contributed by atoms with Crippen molar-refractivity contribution >= 4 is 18.2 Å². The highest BCUT2D eigenvalue weighted by Crippen LogP contribution is 2.34. The summed E-state index contributed by atoms with van der Waals surface area (Å²) in [5.41, 5.74) is -0.0129. The van der Waals surface area contributed by atoms with Crippen LogP contribution in [0.4, 0.5) is 4.79 Å². The lowest BCUT2D eigenvalue weighted by atomic mass is 9.82. The van der Waals surface area contributed by atoms with E-state index in [4.69, 9.17) is 9.47 Å². The van der Waals surface area contributed by atoms with Gasteiger partial charge in [-0.25, -0.2) is 4.79 Å². The molecule has 4 rings (SSSR count). The standard InChI is InChI=1S/C16H17N3O4/c20-14-16(6-2-1-3-7-16)18-15(21)19(14)17-9-11-4-5-12-13(8-11)23-10-22-12/h4-5,8-9H,1-3,6-7,10H2,(H,18,21)/b17-9+. The van der Waals surface area contributed by atoms with Gasteiger partial charge in [-0.2, -0.15) is 5.10 Å². The zero-order valence-corrected chi connectivity index (χ0v) is 12.6. The molecule has 3 aliphatic rings. The molecule has 7 nitrogen and oxygen atoms in total. The third-order valence-electron chi connectivity index (χ3n) is 4.57. The van der Waals surface area contributed by atoms with Crippen molar-refractivity contribution in [3.8, 4) is 11.5 Å². The monoisotopic (exact) mass is 315 g/mol. The Kier molecular flexibility index (Phi) is 3.21. The van der Waals surface area contributed by atoms with Gasteiger partial charge in [0.05, 0.1) is 6.21 Å². The zero-order chi connectivity index (χ0) is 15.9. The fourth-order valence-electron chi connectivity index (χ4n) is 3.32. The minimum Gasteiger partial charge on any atom is -0.454 e. The Balaban J connectivity index is 1.54. The van der Waals surface area contributed by atoms with Crippen LogP contribution in [0.5, 0.6) is 11.5 Å². The first-order valence-electron chi connectivity index (χ1n) is 7.78. The van der Waals surface area contributed by atoms with Crippen molar-refractivity contribution in [2.24, 2.45) is 5.10 Å². The second kappa shape index (κ2) is 5.26. The molecule has 0 atom stereocenters. The van der Waals surface area contributed by atoms with Gasteiger partial charge in [0.2, 0.25) is 6.79 Å². The molecule has 23 heavy (non-hydrogen) atoms. The van der Waals surface area contributed by atoms with Crippen LogP contribution in [0.25, 0.3) is 0 Å². The van der Waals surface area contributed by atoms with Crippen LogP contribution < -0.4 is 14.8 Å².